The maximum atomic E-state index is 14.0. The number of carbonyl (C=O) groups excluding carboxylic acids is 5. The summed E-state index contributed by atoms with van der Waals surface area (Å²) < 4.78 is 4.82. The first-order valence-corrected chi connectivity index (χ1v) is 15.4. The molecule has 0 radical (unpaired) electrons. The number of hydrogen-bond donors (Lipinski definition) is 6. The van der Waals surface area contributed by atoms with Crippen LogP contribution in [0.4, 0.5) is 0 Å². The largest absolute Gasteiger partial charge is 0.460 e. The molecule has 0 aromatic heterocycles. The molecule has 14 nitrogen and oxygen atoms in total. The highest BCUT2D eigenvalue weighted by Crippen LogP contribution is 2.17. The second-order valence-electron chi connectivity index (χ2n) is 11.9. The molecule has 0 aliphatic carbocycles. The predicted molar refractivity (Wildman–Crippen MR) is 167 cm³/mol. The summed E-state index contributed by atoms with van der Waals surface area (Å²) in [7, 11) is -0.866. The number of hydrogen-bond acceptors (Lipinski definition) is 10. The van der Waals surface area contributed by atoms with E-state index < -0.39 is 55.6 Å². The van der Waals surface area contributed by atoms with Gasteiger partial charge < -0.3 is 45.8 Å². The Balaban J connectivity index is 3.15. The second-order valence-corrected chi connectivity index (χ2v) is 11.9. The van der Waals surface area contributed by atoms with Gasteiger partial charge in [-0.1, -0.05) is 53.7 Å². The molecule has 1 aliphatic rings. The van der Waals surface area contributed by atoms with Crippen molar-refractivity contribution in [1.29, 1.82) is 0 Å². The molecular weight excluding hydrogens is 571 g/mol. The minimum Gasteiger partial charge on any atom is -0.460 e. The van der Waals surface area contributed by atoms with Crippen LogP contribution in [0.15, 0.2) is 12.7 Å². The lowest BCUT2D eigenvalue weighted by Gasteiger charge is -2.43. The van der Waals surface area contributed by atoms with Gasteiger partial charge in [0.15, 0.2) is 6.10 Å². The van der Waals surface area contributed by atoms with E-state index in [2.05, 4.69) is 27.8 Å². The number of amides is 4. The van der Waals surface area contributed by atoms with Crippen LogP contribution in [0.3, 0.4) is 0 Å². The number of aliphatic hydroxyl groups is 1. The third kappa shape index (κ3) is 12.5. The molecule has 5 atom stereocenters. The van der Waals surface area contributed by atoms with Crippen molar-refractivity contribution >= 4 is 36.6 Å². The fourth-order valence-electron chi connectivity index (χ4n) is 4.94. The quantitative estimate of drug-likeness (QED) is 0.0619. The van der Waals surface area contributed by atoms with Crippen molar-refractivity contribution in [2.45, 2.75) is 91.5 Å². The summed E-state index contributed by atoms with van der Waals surface area (Å²) in [6.07, 6.45) is 0.484. The summed E-state index contributed by atoms with van der Waals surface area (Å²) in [5.41, 5.74) is 0. The number of rotatable bonds is 18. The number of carbonyl (C=O) groups is 5. The fourth-order valence-corrected chi connectivity index (χ4v) is 4.94. The van der Waals surface area contributed by atoms with Gasteiger partial charge in [-0.2, -0.15) is 0 Å². The monoisotopic (exact) mass is 624 g/mol. The lowest BCUT2D eigenvalue weighted by atomic mass is 9.83. The van der Waals surface area contributed by atoms with Crippen LogP contribution in [-0.2, 0) is 28.7 Å². The van der Waals surface area contributed by atoms with E-state index in [-0.39, 0.29) is 55.8 Å². The smallest absolute Gasteiger partial charge is 0.376 e. The molecule has 4 amide bonds. The normalized spacial score (nSPS) is 18.2. The summed E-state index contributed by atoms with van der Waals surface area (Å²) in [5, 5.41) is 32.3. The van der Waals surface area contributed by atoms with Crippen LogP contribution in [0, 0.1) is 11.8 Å². The number of esters is 1. The highest BCUT2D eigenvalue weighted by Gasteiger charge is 2.41. The first kappa shape index (κ1) is 39.0. The van der Waals surface area contributed by atoms with Gasteiger partial charge in [0, 0.05) is 39.1 Å². The van der Waals surface area contributed by atoms with Crippen molar-refractivity contribution in [3.63, 3.8) is 0 Å². The summed E-state index contributed by atoms with van der Waals surface area (Å²) >= 11 is 0. The van der Waals surface area contributed by atoms with Gasteiger partial charge >= 0.3 is 13.0 Å². The van der Waals surface area contributed by atoms with Crippen LogP contribution in [0.25, 0.3) is 0 Å². The van der Waals surface area contributed by atoms with Gasteiger partial charge in [0.05, 0.1) is 12.1 Å². The number of piperazine rings is 1. The number of nitrogens with one attached hydrogen (secondary N) is 4. The molecule has 0 spiro atoms. The van der Waals surface area contributed by atoms with Gasteiger partial charge in [0.25, 0.3) is 5.91 Å². The lowest BCUT2D eigenvalue weighted by Crippen LogP contribution is -2.67. The molecule has 3 unspecified atom stereocenters. The molecular formula is C29H53BN6O8. The number of aliphatic hydroxyl groups excluding tert-OH is 1. The molecule has 1 heterocycles. The predicted octanol–water partition coefficient (Wildman–Crippen LogP) is -1.12. The maximum Gasteiger partial charge on any atom is 0.376 e. The average Bonchev–Trinajstić information content (AvgIpc) is 2.96. The molecule has 15 heteroatoms. The first-order valence-electron chi connectivity index (χ1n) is 15.4. The van der Waals surface area contributed by atoms with Crippen molar-refractivity contribution < 1.29 is 38.8 Å². The Morgan fingerprint density at radius 3 is 2.25 bits per heavy atom. The number of ether oxygens (including phenoxy) is 1. The Labute approximate surface area is 261 Å². The molecule has 6 N–H and O–H groups in total. The van der Waals surface area contributed by atoms with Crippen molar-refractivity contribution in [2.75, 3.05) is 39.3 Å². The minimum atomic E-state index is -1.67. The standard InChI is InChI=1S/C29H53BN6O8/c1-9-11-21(26(39)28(41)32-16-24(38)44-14-10-2)34-27(40)23-17-35(30(8)43)12-13-36(23)29(42)25(19(5)6)31-15-22(18(3)4)33-20(7)37/h10,18-19,21-23,25-26,31,39,43H,2,9,11-17H2,1,3-8H3,(H,32,41)(H,33,37)(H,34,40)/t21?,22-,23?,25+,26?/m1/s1. The molecule has 1 saturated heterocycles. The summed E-state index contributed by atoms with van der Waals surface area (Å²) in [4.78, 5) is 66.9. The summed E-state index contributed by atoms with van der Waals surface area (Å²) in [5.74, 6) is -2.67. The summed E-state index contributed by atoms with van der Waals surface area (Å²) in [6.45, 7) is 16.4. The van der Waals surface area contributed by atoms with Gasteiger partial charge in [-0.05, 0) is 25.1 Å². The van der Waals surface area contributed by atoms with Gasteiger partial charge in [0.1, 0.15) is 19.2 Å². The highest BCUT2D eigenvalue weighted by atomic mass is 16.5. The van der Waals surface area contributed by atoms with Crippen LogP contribution in [0.1, 0.15) is 54.4 Å². The van der Waals surface area contributed by atoms with Crippen molar-refractivity contribution in [3.8, 4) is 0 Å². The molecule has 0 aromatic carbocycles. The van der Waals surface area contributed by atoms with E-state index >= 15 is 0 Å². The molecule has 1 rings (SSSR count). The van der Waals surface area contributed by atoms with E-state index in [0.29, 0.717) is 19.5 Å². The van der Waals surface area contributed by atoms with E-state index in [1.165, 1.54) is 17.9 Å². The number of nitrogens with zero attached hydrogens (tertiary/aromatic N) is 2. The van der Waals surface area contributed by atoms with Crippen LogP contribution < -0.4 is 21.3 Å². The van der Waals surface area contributed by atoms with Crippen LogP contribution >= 0.6 is 0 Å². The average molecular weight is 625 g/mol. The zero-order valence-electron chi connectivity index (χ0n) is 27.3. The van der Waals surface area contributed by atoms with E-state index in [0.717, 1.165) is 0 Å². The molecule has 0 aromatic rings. The van der Waals surface area contributed by atoms with E-state index in [4.69, 9.17) is 4.74 Å². The van der Waals surface area contributed by atoms with E-state index in [1.807, 2.05) is 34.6 Å². The van der Waals surface area contributed by atoms with Gasteiger partial charge in [0.2, 0.25) is 17.7 Å². The lowest BCUT2D eigenvalue weighted by molar-refractivity contribution is -0.147. The molecule has 250 valence electrons. The van der Waals surface area contributed by atoms with Crippen LogP contribution in [0.5, 0.6) is 0 Å². The van der Waals surface area contributed by atoms with Gasteiger partial charge in [-0.25, -0.2) is 0 Å². The molecule has 0 saturated carbocycles. The Kier molecular flexibility index (Phi) is 17.2. The van der Waals surface area contributed by atoms with Gasteiger partial charge in [-0.3, -0.25) is 24.0 Å². The third-order valence-corrected chi connectivity index (χ3v) is 7.56. The summed E-state index contributed by atoms with van der Waals surface area (Å²) in [6, 6.07) is -2.89. The Bertz CT molecular complexity index is 982. The zero-order valence-corrected chi connectivity index (χ0v) is 27.3. The first-order chi connectivity index (χ1) is 20.6. The molecule has 1 fully saturated rings. The molecule has 0 bridgehead atoms. The SMILES string of the molecule is C=CCOC(=O)CNC(=O)C(O)C(CCC)NC(=O)C1CN(B(C)O)CCN1C(=O)[C@@H](NC[C@@H](NC(C)=O)C(C)C)C(C)C. The van der Waals surface area contributed by atoms with E-state index in [9.17, 15) is 34.1 Å². The maximum absolute atomic E-state index is 14.0. The third-order valence-electron chi connectivity index (χ3n) is 7.56. The van der Waals surface area contributed by atoms with Crippen LogP contribution in [0.2, 0.25) is 6.82 Å². The van der Waals surface area contributed by atoms with E-state index in [1.54, 1.807) is 11.6 Å². The topological polar surface area (TPSA) is 190 Å². The highest BCUT2D eigenvalue weighted by molar-refractivity contribution is 6.45. The Morgan fingerprint density at radius 2 is 1.73 bits per heavy atom. The minimum absolute atomic E-state index is 0.0212. The van der Waals surface area contributed by atoms with Crippen LogP contribution in [-0.4, -0.2) is 126 Å². The van der Waals surface area contributed by atoms with Crippen molar-refractivity contribution in [1.82, 2.24) is 31.0 Å². The Hall–Kier alpha value is -3.01. The fraction of sp³-hybridized carbons (Fsp3) is 0.759. The Morgan fingerprint density at radius 1 is 1.07 bits per heavy atom. The molecule has 44 heavy (non-hydrogen) atoms. The van der Waals surface area contributed by atoms with Gasteiger partial charge in [-0.15, -0.1) is 0 Å². The second kappa shape index (κ2) is 19.4. The zero-order chi connectivity index (χ0) is 33.6. The van der Waals surface area contributed by atoms with Crippen molar-refractivity contribution in [3.05, 3.63) is 12.7 Å². The van der Waals surface area contributed by atoms with Crippen molar-refractivity contribution in [2.24, 2.45) is 11.8 Å². The molecule has 1 aliphatic heterocycles.